The average Bonchev–Trinajstić information content (AvgIpc) is 2.44. The van der Waals surface area contributed by atoms with Crippen molar-refractivity contribution >= 4 is 16.0 Å². The van der Waals surface area contributed by atoms with Gasteiger partial charge in [-0.2, -0.15) is 17.4 Å². The summed E-state index contributed by atoms with van der Waals surface area (Å²) in [6.07, 6.45) is 3.59. The second kappa shape index (κ2) is 6.73. The molecule has 1 heterocycles. The Kier molecular flexibility index (Phi) is 5.79. The molecule has 1 aliphatic rings. The lowest BCUT2D eigenvalue weighted by molar-refractivity contribution is 0.259. The summed E-state index contributed by atoms with van der Waals surface area (Å²) in [6.45, 7) is 6.03. The van der Waals surface area contributed by atoms with Gasteiger partial charge in [-0.3, -0.25) is 0 Å². The predicted octanol–water partition coefficient (Wildman–Crippen LogP) is 1.00. The number of piperidine rings is 1. The van der Waals surface area contributed by atoms with Gasteiger partial charge in [-0.25, -0.2) is 0 Å². The van der Waals surface area contributed by atoms with Gasteiger partial charge >= 0.3 is 0 Å². The third kappa shape index (κ3) is 3.42. The summed E-state index contributed by atoms with van der Waals surface area (Å²) >= 11 is 0. The molecule has 0 aromatic heterocycles. The molecule has 1 unspecified atom stereocenters. The number of oxime groups is 1. The second-order valence-corrected chi connectivity index (χ2v) is 6.96. The van der Waals surface area contributed by atoms with Gasteiger partial charge in [0.1, 0.15) is 0 Å². The molecule has 1 fully saturated rings. The van der Waals surface area contributed by atoms with Gasteiger partial charge in [0.25, 0.3) is 10.2 Å². The number of hydrogen-bond acceptors (Lipinski definition) is 4. The third-order valence-electron chi connectivity index (χ3n) is 4.18. The standard InChI is InChI=1S/C12H26N4O3S/c1-4-12(5-2,11(13)14-17)15-20(18,19)16-9-7-6-8-10(16)3/h10,15,17H,4-9H2,1-3H3,(H2,13,14). The first-order valence-corrected chi connectivity index (χ1v) is 8.55. The molecule has 0 radical (unpaired) electrons. The summed E-state index contributed by atoms with van der Waals surface area (Å²) < 4.78 is 29.3. The van der Waals surface area contributed by atoms with Crippen molar-refractivity contribution in [3.8, 4) is 0 Å². The number of amidine groups is 1. The zero-order chi connectivity index (χ0) is 15.4. The van der Waals surface area contributed by atoms with Crippen LogP contribution in [0.1, 0.15) is 52.9 Å². The van der Waals surface area contributed by atoms with E-state index < -0.39 is 15.7 Å². The lowest BCUT2D eigenvalue weighted by Gasteiger charge is -2.37. The molecule has 0 bridgehead atoms. The van der Waals surface area contributed by atoms with Crippen LogP contribution in [-0.4, -0.2) is 41.9 Å². The lowest BCUT2D eigenvalue weighted by atomic mass is 9.93. The molecule has 118 valence electrons. The highest BCUT2D eigenvalue weighted by molar-refractivity contribution is 7.87. The molecule has 7 nitrogen and oxygen atoms in total. The van der Waals surface area contributed by atoms with Crippen LogP contribution in [0.4, 0.5) is 0 Å². The van der Waals surface area contributed by atoms with Crippen LogP contribution in [-0.2, 0) is 10.2 Å². The van der Waals surface area contributed by atoms with Gasteiger partial charge in [0.15, 0.2) is 5.84 Å². The quantitative estimate of drug-likeness (QED) is 0.294. The van der Waals surface area contributed by atoms with Crippen molar-refractivity contribution in [1.29, 1.82) is 0 Å². The Balaban J connectivity index is 3.03. The molecule has 1 atom stereocenters. The first-order valence-electron chi connectivity index (χ1n) is 7.11. The Morgan fingerprint density at radius 1 is 1.45 bits per heavy atom. The lowest BCUT2D eigenvalue weighted by Crippen LogP contribution is -2.61. The van der Waals surface area contributed by atoms with E-state index in [-0.39, 0.29) is 11.9 Å². The monoisotopic (exact) mass is 306 g/mol. The highest BCUT2D eigenvalue weighted by atomic mass is 32.2. The zero-order valence-corrected chi connectivity index (χ0v) is 13.3. The molecule has 0 amide bonds. The molecule has 0 aliphatic carbocycles. The molecule has 8 heteroatoms. The average molecular weight is 306 g/mol. The highest BCUT2D eigenvalue weighted by Gasteiger charge is 2.40. The first kappa shape index (κ1) is 17.2. The first-order chi connectivity index (χ1) is 9.33. The summed E-state index contributed by atoms with van der Waals surface area (Å²) in [7, 11) is -3.66. The fraction of sp³-hybridized carbons (Fsp3) is 0.917. The van der Waals surface area contributed by atoms with E-state index >= 15 is 0 Å². The molecular weight excluding hydrogens is 280 g/mol. The Bertz CT molecular complexity index is 446. The Hall–Kier alpha value is -0.860. The van der Waals surface area contributed by atoms with E-state index in [9.17, 15) is 8.42 Å². The molecule has 0 spiro atoms. The topological polar surface area (TPSA) is 108 Å². The van der Waals surface area contributed by atoms with Gasteiger partial charge in [0.2, 0.25) is 0 Å². The van der Waals surface area contributed by atoms with E-state index in [4.69, 9.17) is 10.9 Å². The largest absolute Gasteiger partial charge is 0.409 e. The van der Waals surface area contributed by atoms with Gasteiger partial charge in [0.05, 0.1) is 5.54 Å². The Morgan fingerprint density at radius 3 is 2.50 bits per heavy atom. The van der Waals surface area contributed by atoms with Crippen molar-refractivity contribution in [2.75, 3.05) is 6.54 Å². The van der Waals surface area contributed by atoms with Crippen LogP contribution in [0.25, 0.3) is 0 Å². The fourth-order valence-corrected chi connectivity index (χ4v) is 4.59. The summed E-state index contributed by atoms with van der Waals surface area (Å²) in [5, 5.41) is 11.9. The van der Waals surface area contributed by atoms with Gasteiger partial charge < -0.3 is 10.9 Å². The minimum atomic E-state index is -3.66. The minimum Gasteiger partial charge on any atom is -0.409 e. The Morgan fingerprint density at radius 2 is 2.05 bits per heavy atom. The SMILES string of the molecule is CCC(CC)(NS(=O)(=O)N1CCCCC1C)/C(N)=N/O. The van der Waals surface area contributed by atoms with E-state index in [0.717, 1.165) is 19.3 Å². The maximum absolute atomic E-state index is 12.6. The maximum Gasteiger partial charge on any atom is 0.280 e. The van der Waals surface area contributed by atoms with Crippen LogP contribution in [0, 0.1) is 0 Å². The van der Waals surface area contributed by atoms with Crippen LogP contribution in [0.5, 0.6) is 0 Å². The third-order valence-corrected chi connectivity index (χ3v) is 5.99. The van der Waals surface area contributed by atoms with E-state index in [1.165, 1.54) is 4.31 Å². The fourth-order valence-electron chi connectivity index (χ4n) is 2.64. The summed E-state index contributed by atoms with van der Waals surface area (Å²) in [5.41, 5.74) is 4.66. The van der Waals surface area contributed by atoms with Crippen LogP contribution in [0.15, 0.2) is 5.16 Å². The molecule has 0 aromatic carbocycles. The van der Waals surface area contributed by atoms with E-state index in [1.807, 2.05) is 20.8 Å². The summed E-state index contributed by atoms with van der Waals surface area (Å²) in [4.78, 5) is 0. The van der Waals surface area contributed by atoms with Crippen molar-refractivity contribution in [2.24, 2.45) is 10.9 Å². The number of nitrogens with one attached hydrogen (secondary N) is 1. The van der Waals surface area contributed by atoms with Crippen molar-refractivity contribution in [2.45, 2.75) is 64.5 Å². The number of nitrogens with zero attached hydrogens (tertiary/aromatic N) is 2. The maximum atomic E-state index is 12.6. The summed E-state index contributed by atoms with van der Waals surface area (Å²) in [5.74, 6) is -0.101. The van der Waals surface area contributed by atoms with Crippen LogP contribution in [0.2, 0.25) is 0 Å². The molecule has 4 N–H and O–H groups in total. The van der Waals surface area contributed by atoms with Gasteiger partial charge in [-0.1, -0.05) is 25.4 Å². The molecular formula is C12H26N4O3S. The molecule has 1 saturated heterocycles. The van der Waals surface area contributed by atoms with Crippen molar-refractivity contribution in [3.05, 3.63) is 0 Å². The highest BCUT2D eigenvalue weighted by Crippen LogP contribution is 2.23. The zero-order valence-electron chi connectivity index (χ0n) is 12.5. The molecule has 0 aromatic rings. The van der Waals surface area contributed by atoms with Crippen molar-refractivity contribution in [1.82, 2.24) is 9.03 Å². The Labute approximate surface area is 121 Å². The molecule has 0 saturated carbocycles. The van der Waals surface area contributed by atoms with Crippen molar-refractivity contribution < 1.29 is 13.6 Å². The number of hydrogen-bond donors (Lipinski definition) is 3. The van der Waals surface area contributed by atoms with Gasteiger partial charge in [-0.05, 0) is 32.6 Å². The van der Waals surface area contributed by atoms with Crippen LogP contribution < -0.4 is 10.5 Å². The van der Waals surface area contributed by atoms with Gasteiger partial charge in [-0.15, -0.1) is 0 Å². The van der Waals surface area contributed by atoms with Gasteiger partial charge in [0, 0.05) is 12.6 Å². The second-order valence-electron chi connectivity index (χ2n) is 5.34. The van der Waals surface area contributed by atoms with Crippen molar-refractivity contribution in [3.63, 3.8) is 0 Å². The minimum absolute atomic E-state index is 0.0278. The molecule has 1 aliphatic heterocycles. The van der Waals surface area contributed by atoms with E-state index in [2.05, 4.69) is 9.88 Å². The number of rotatable bonds is 6. The van der Waals surface area contributed by atoms with E-state index in [0.29, 0.717) is 19.4 Å². The molecule has 1 rings (SSSR count). The van der Waals surface area contributed by atoms with Crippen LogP contribution in [0.3, 0.4) is 0 Å². The summed E-state index contributed by atoms with van der Waals surface area (Å²) in [6, 6.07) is -0.0278. The van der Waals surface area contributed by atoms with E-state index in [1.54, 1.807) is 0 Å². The predicted molar refractivity (Wildman–Crippen MR) is 78.8 cm³/mol. The number of nitrogens with two attached hydrogens (primary N) is 1. The molecule has 20 heavy (non-hydrogen) atoms. The normalized spacial score (nSPS) is 22.9. The van der Waals surface area contributed by atoms with Crippen LogP contribution >= 0.6 is 0 Å². The smallest absolute Gasteiger partial charge is 0.280 e.